The molecule has 2 N–H and O–H groups in total. The molecule has 2 rings (SSSR count). The molecular formula is C11H14O3. The van der Waals surface area contributed by atoms with Crippen LogP contribution < -0.4 is 0 Å². The average Bonchev–Trinajstić information content (AvgIpc) is 2.65. The van der Waals surface area contributed by atoms with E-state index in [0.29, 0.717) is 11.3 Å². The molecule has 0 amide bonds. The topological polar surface area (TPSA) is 53.6 Å². The number of furan rings is 1. The van der Waals surface area contributed by atoms with Crippen molar-refractivity contribution in [2.24, 2.45) is 0 Å². The summed E-state index contributed by atoms with van der Waals surface area (Å²) < 4.78 is 5.15. The highest BCUT2D eigenvalue weighted by molar-refractivity contribution is 5.83. The van der Waals surface area contributed by atoms with Crippen LogP contribution in [0, 0.1) is 0 Å². The van der Waals surface area contributed by atoms with E-state index in [-0.39, 0.29) is 12.4 Å². The van der Waals surface area contributed by atoms with Crippen molar-refractivity contribution >= 4 is 11.0 Å². The minimum Gasteiger partial charge on any atom is -0.504 e. The normalized spacial score (nSPS) is 9.64. The third-order valence-electron chi connectivity index (χ3n) is 1.73. The Morgan fingerprint density at radius 3 is 2.57 bits per heavy atom. The molecule has 0 aliphatic rings. The maximum absolute atomic E-state index is 9.30. The number of benzene rings is 1. The molecule has 3 nitrogen and oxygen atoms in total. The lowest BCUT2D eigenvalue weighted by atomic mass is 10.2. The molecule has 76 valence electrons. The third-order valence-corrected chi connectivity index (χ3v) is 1.73. The molecule has 0 unspecified atom stereocenters. The van der Waals surface area contributed by atoms with Gasteiger partial charge in [0.2, 0.25) is 0 Å². The van der Waals surface area contributed by atoms with Crippen LogP contribution in [0.5, 0.6) is 5.75 Å². The molecule has 14 heavy (non-hydrogen) atoms. The fourth-order valence-corrected chi connectivity index (χ4v) is 1.18. The molecule has 1 aromatic carbocycles. The summed E-state index contributed by atoms with van der Waals surface area (Å²) in [6, 6.07) is 6.80. The highest BCUT2D eigenvalue weighted by Crippen LogP contribution is 2.27. The van der Waals surface area contributed by atoms with Gasteiger partial charge in [0.15, 0.2) is 11.3 Å². The van der Waals surface area contributed by atoms with E-state index in [1.165, 1.54) is 0 Å². The second-order valence-electron chi connectivity index (χ2n) is 2.57. The first-order valence-electron chi connectivity index (χ1n) is 4.62. The van der Waals surface area contributed by atoms with Crippen LogP contribution in [0.4, 0.5) is 0 Å². The number of aromatic hydroxyl groups is 1. The number of hydrogen-bond acceptors (Lipinski definition) is 3. The molecule has 0 bridgehead atoms. The fraction of sp³-hybridized carbons (Fsp3) is 0.273. The number of aliphatic hydroxyl groups is 1. The predicted molar refractivity (Wildman–Crippen MR) is 55.1 cm³/mol. The van der Waals surface area contributed by atoms with Crippen molar-refractivity contribution in [1.29, 1.82) is 0 Å². The van der Waals surface area contributed by atoms with Crippen molar-refractivity contribution in [1.82, 2.24) is 0 Å². The van der Waals surface area contributed by atoms with Crippen molar-refractivity contribution < 1.29 is 14.6 Å². The Kier molecular flexibility index (Phi) is 3.54. The SMILES string of the molecule is CC.OCc1cc2cccc(O)c2o1. The van der Waals surface area contributed by atoms with Crippen LogP contribution in [0.25, 0.3) is 11.0 Å². The van der Waals surface area contributed by atoms with Crippen LogP contribution in [0.3, 0.4) is 0 Å². The molecule has 1 aromatic heterocycles. The predicted octanol–water partition coefficient (Wildman–Crippen LogP) is 2.66. The minimum atomic E-state index is -0.145. The quantitative estimate of drug-likeness (QED) is 0.733. The first kappa shape index (κ1) is 10.6. The Balaban J connectivity index is 0.000000461. The van der Waals surface area contributed by atoms with Crippen molar-refractivity contribution in [2.45, 2.75) is 20.5 Å². The van der Waals surface area contributed by atoms with E-state index in [4.69, 9.17) is 9.52 Å². The summed E-state index contributed by atoms with van der Waals surface area (Å²) in [5, 5.41) is 18.9. The molecule has 0 aliphatic heterocycles. The number of phenols is 1. The highest BCUT2D eigenvalue weighted by Gasteiger charge is 2.05. The molecule has 0 aliphatic carbocycles. The van der Waals surface area contributed by atoms with Gasteiger partial charge in [-0.3, -0.25) is 0 Å². The average molecular weight is 194 g/mol. The van der Waals surface area contributed by atoms with E-state index in [1.54, 1.807) is 18.2 Å². The Labute approximate surface area is 82.6 Å². The van der Waals surface area contributed by atoms with E-state index in [1.807, 2.05) is 19.9 Å². The van der Waals surface area contributed by atoms with Crippen LogP contribution >= 0.6 is 0 Å². The zero-order valence-electron chi connectivity index (χ0n) is 8.32. The lowest BCUT2D eigenvalue weighted by Gasteiger charge is -1.90. The summed E-state index contributed by atoms with van der Waals surface area (Å²) in [7, 11) is 0. The minimum absolute atomic E-state index is 0.104. The van der Waals surface area contributed by atoms with E-state index < -0.39 is 0 Å². The monoisotopic (exact) mass is 194 g/mol. The van der Waals surface area contributed by atoms with Gasteiger partial charge in [0.05, 0.1) is 0 Å². The van der Waals surface area contributed by atoms with Crippen LogP contribution in [0.2, 0.25) is 0 Å². The molecule has 3 heteroatoms. The number of aliphatic hydroxyl groups excluding tert-OH is 1. The van der Waals surface area contributed by atoms with Crippen LogP contribution in [-0.4, -0.2) is 10.2 Å². The molecule has 0 spiro atoms. The molecular weight excluding hydrogens is 180 g/mol. The Hall–Kier alpha value is -1.48. The lowest BCUT2D eigenvalue weighted by molar-refractivity contribution is 0.250. The van der Waals surface area contributed by atoms with Gasteiger partial charge in [-0.1, -0.05) is 26.0 Å². The Morgan fingerprint density at radius 1 is 1.29 bits per heavy atom. The molecule has 2 aromatic rings. The summed E-state index contributed by atoms with van der Waals surface area (Å²) >= 11 is 0. The zero-order valence-corrected chi connectivity index (χ0v) is 8.32. The molecule has 0 radical (unpaired) electrons. The third kappa shape index (κ3) is 1.88. The molecule has 0 saturated carbocycles. The molecule has 1 heterocycles. The second kappa shape index (κ2) is 4.67. The zero-order chi connectivity index (χ0) is 10.6. The second-order valence-corrected chi connectivity index (χ2v) is 2.57. The lowest BCUT2D eigenvalue weighted by Crippen LogP contribution is -1.72. The molecule has 0 fully saturated rings. The largest absolute Gasteiger partial charge is 0.504 e. The molecule has 0 saturated heterocycles. The van der Waals surface area contributed by atoms with E-state index in [0.717, 1.165) is 5.39 Å². The highest BCUT2D eigenvalue weighted by atomic mass is 16.4. The van der Waals surface area contributed by atoms with Crippen molar-refractivity contribution in [3.63, 3.8) is 0 Å². The molecule has 0 atom stereocenters. The van der Waals surface area contributed by atoms with Gasteiger partial charge in [0.25, 0.3) is 0 Å². The standard InChI is InChI=1S/C9H8O3.C2H6/c10-5-7-4-6-2-1-3-8(11)9(6)12-7;1-2/h1-4,10-11H,5H2;1-2H3. The number of phenolic OH excluding ortho intramolecular Hbond substituents is 1. The smallest absolute Gasteiger partial charge is 0.175 e. The number of rotatable bonds is 1. The van der Waals surface area contributed by atoms with E-state index >= 15 is 0 Å². The Bertz CT molecular complexity index is 404. The summed E-state index contributed by atoms with van der Waals surface area (Å²) in [5.41, 5.74) is 0.432. The maximum atomic E-state index is 9.30. The van der Waals surface area contributed by atoms with Gasteiger partial charge in [-0.2, -0.15) is 0 Å². The van der Waals surface area contributed by atoms with Crippen molar-refractivity contribution in [3.8, 4) is 5.75 Å². The summed E-state index contributed by atoms with van der Waals surface area (Å²) in [4.78, 5) is 0. The van der Waals surface area contributed by atoms with Gasteiger partial charge in [-0.05, 0) is 12.1 Å². The number of hydrogen-bond donors (Lipinski definition) is 2. The van der Waals surface area contributed by atoms with Gasteiger partial charge in [0, 0.05) is 5.39 Å². The summed E-state index contributed by atoms with van der Waals surface area (Å²) in [6.45, 7) is 3.86. The maximum Gasteiger partial charge on any atom is 0.175 e. The van der Waals surface area contributed by atoms with Crippen molar-refractivity contribution in [2.75, 3.05) is 0 Å². The number of fused-ring (bicyclic) bond motifs is 1. The van der Waals surface area contributed by atoms with Gasteiger partial charge in [-0.15, -0.1) is 0 Å². The summed E-state index contributed by atoms with van der Waals surface area (Å²) in [6.07, 6.45) is 0. The number of para-hydroxylation sites is 1. The summed E-state index contributed by atoms with van der Waals surface area (Å²) in [5.74, 6) is 0.568. The first-order chi connectivity index (χ1) is 6.81. The van der Waals surface area contributed by atoms with Gasteiger partial charge >= 0.3 is 0 Å². The van der Waals surface area contributed by atoms with E-state index in [9.17, 15) is 5.11 Å². The van der Waals surface area contributed by atoms with E-state index in [2.05, 4.69) is 0 Å². The Morgan fingerprint density at radius 2 is 2.00 bits per heavy atom. The fourth-order valence-electron chi connectivity index (χ4n) is 1.18. The van der Waals surface area contributed by atoms with Gasteiger partial charge < -0.3 is 14.6 Å². The first-order valence-corrected chi connectivity index (χ1v) is 4.62. The van der Waals surface area contributed by atoms with Crippen molar-refractivity contribution in [3.05, 3.63) is 30.0 Å². The van der Waals surface area contributed by atoms with Gasteiger partial charge in [-0.25, -0.2) is 0 Å². The van der Waals surface area contributed by atoms with Crippen LogP contribution in [0.15, 0.2) is 28.7 Å². The van der Waals surface area contributed by atoms with Crippen LogP contribution in [-0.2, 0) is 6.61 Å². The van der Waals surface area contributed by atoms with Gasteiger partial charge in [0.1, 0.15) is 12.4 Å². The van der Waals surface area contributed by atoms with Crippen LogP contribution in [0.1, 0.15) is 19.6 Å².